The van der Waals surface area contributed by atoms with E-state index >= 15 is 0 Å². The monoisotopic (exact) mass is 332 g/mol. The standard InChI is InChI=1S/C17H14BrFO/c18-16-7-6-15(19)9-14(16)10-17(20)13-5-4-11-2-1-3-12(11)8-13/h4-9H,1-3,10H2. The van der Waals surface area contributed by atoms with Crippen LogP contribution < -0.4 is 0 Å². The molecule has 2 aromatic rings. The fraction of sp³-hybridized carbons (Fsp3) is 0.235. The van der Waals surface area contributed by atoms with Gasteiger partial charge in [-0.2, -0.15) is 0 Å². The summed E-state index contributed by atoms with van der Waals surface area (Å²) < 4.78 is 14.0. The fourth-order valence-electron chi connectivity index (χ4n) is 2.70. The second-order valence-corrected chi connectivity index (χ2v) is 6.03. The molecule has 1 aliphatic rings. The summed E-state index contributed by atoms with van der Waals surface area (Å²) in [6, 6.07) is 10.4. The molecule has 3 heteroatoms. The van der Waals surface area contributed by atoms with Gasteiger partial charge < -0.3 is 0 Å². The number of benzene rings is 2. The molecule has 0 unspecified atom stereocenters. The van der Waals surface area contributed by atoms with Gasteiger partial charge in [0.15, 0.2) is 5.78 Å². The molecule has 0 saturated carbocycles. The number of aryl methyl sites for hydroxylation is 2. The molecule has 0 aromatic heterocycles. The van der Waals surface area contributed by atoms with Gasteiger partial charge in [0, 0.05) is 16.5 Å². The Hall–Kier alpha value is -1.48. The molecule has 0 aliphatic heterocycles. The number of hydrogen-bond acceptors (Lipinski definition) is 1. The molecule has 0 heterocycles. The number of carbonyl (C=O) groups is 1. The Morgan fingerprint density at radius 2 is 1.90 bits per heavy atom. The number of carbonyl (C=O) groups excluding carboxylic acids is 1. The third kappa shape index (κ3) is 2.68. The summed E-state index contributed by atoms with van der Waals surface area (Å²) in [5.74, 6) is -0.282. The highest BCUT2D eigenvalue weighted by Gasteiger charge is 2.15. The summed E-state index contributed by atoms with van der Waals surface area (Å²) in [7, 11) is 0. The molecule has 0 radical (unpaired) electrons. The highest BCUT2D eigenvalue weighted by atomic mass is 79.9. The average molecular weight is 333 g/mol. The van der Waals surface area contributed by atoms with E-state index in [0.29, 0.717) is 5.56 Å². The Balaban J connectivity index is 1.84. The fourth-order valence-corrected chi connectivity index (χ4v) is 3.09. The summed E-state index contributed by atoms with van der Waals surface area (Å²) in [6.07, 6.45) is 3.55. The topological polar surface area (TPSA) is 17.1 Å². The number of halogens is 2. The van der Waals surface area contributed by atoms with Crippen molar-refractivity contribution >= 4 is 21.7 Å². The third-order valence-electron chi connectivity index (χ3n) is 3.78. The first-order valence-corrected chi connectivity index (χ1v) is 7.52. The maximum Gasteiger partial charge on any atom is 0.167 e. The molecule has 3 rings (SSSR count). The Labute approximate surface area is 126 Å². The Bertz CT molecular complexity index is 679. The van der Waals surface area contributed by atoms with Crippen molar-refractivity contribution in [1.82, 2.24) is 0 Å². The summed E-state index contributed by atoms with van der Waals surface area (Å²) in [5, 5.41) is 0. The van der Waals surface area contributed by atoms with Gasteiger partial charge in [0.1, 0.15) is 5.82 Å². The van der Waals surface area contributed by atoms with Crippen LogP contribution in [0.25, 0.3) is 0 Å². The van der Waals surface area contributed by atoms with E-state index in [1.54, 1.807) is 6.07 Å². The molecular formula is C17H14BrFO. The minimum atomic E-state index is -0.315. The quantitative estimate of drug-likeness (QED) is 0.756. The first-order valence-electron chi connectivity index (χ1n) is 6.72. The summed E-state index contributed by atoms with van der Waals surface area (Å²) in [5.41, 5.74) is 4.06. The van der Waals surface area contributed by atoms with E-state index in [2.05, 4.69) is 22.0 Å². The first kappa shape index (κ1) is 13.5. The lowest BCUT2D eigenvalue weighted by atomic mass is 9.99. The normalized spacial score (nSPS) is 13.3. The molecule has 20 heavy (non-hydrogen) atoms. The first-order chi connectivity index (χ1) is 9.63. The highest BCUT2D eigenvalue weighted by Crippen LogP contribution is 2.24. The van der Waals surface area contributed by atoms with Crippen molar-refractivity contribution in [3.63, 3.8) is 0 Å². The van der Waals surface area contributed by atoms with Crippen LogP contribution in [0.15, 0.2) is 40.9 Å². The molecule has 0 saturated heterocycles. The lowest BCUT2D eigenvalue weighted by Gasteiger charge is -2.06. The zero-order valence-corrected chi connectivity index (χ0v) is 12.5. The van der Waals surface area contributed by atoms with Crippen LogP contribution in [-0.4, -0.2) is 5.78 Å². The zero-order chi connectivity index (χ0) is 14.1. The van der Waals surface area contributed by atoms with Crippen molar-refractivity contribution < 1.29 is 9.18 Å². The van der Waals surface area contributed by atoms with Crippen LogP contribution >= 0.6 is 15.9 Å². The largest absolute Gasteiger partial charge is 0.294 e. The van der Waals surface area contributed by atoms with Crippen LogP contribution in [0.4, 0.5) is 4.39 Å². The lowest BCUT2D eigenvalue weighted by Crippen LogP contribution is -2.05. The Morgan fingerprint density at radius 3 is 2.75 bits per heavy atom. The van der Waals surface area contributed by atoms with Crippen LogP contribution in [0.1, 0.15) is 33.5 Å². The molecular weight excluding hydrogens is 319 g/mol. The smallest absolute Gasteiger partial charge is 0.167 e. The van der Waals surface area contributed by atoms with Gasteiger partial charge in [0.2, 0.25) is 0 Å². The van der Waals surface area contributed by atoms with Crippen LogP contribution in [0.3, 0.4) is 0 Å². The van der Waals surface area contributed by atoms with Crippen molar-refractivity contribution in [2.75, 3.05) is 0 Å². The molecule has 1 aliphatic carbocycles. The Kier molecular flexibility index (Phi) is 3.70. The van der Waals surface area contributed by atoms with Gasteiger partial charge in [-0.3, -0.25) is 4.79 Å². The molecule has 0 amide bonds. The van der Waals surface area contributed by atoms with Crippen LogP contribution in [-0.2, 0) is 19.3 Å². The van der Waals surface area contributed by atoms with E-state index in [0.717, 1.165) is 22.9 Å². The van der Waals surface area contributed by atoms with Crippen molar-refractivity contribution in [3.8, 4) is 0 Å². The molecule has 0 atom stereocenters. The van der Waals surface area contributed by atoms with Crippen molar-refractivity contribution in [2.45, 2.75) is 25.7 Å². The van der Waals surface area contributed by atoms with Crippen molar-refractivity contribution in [1.29, 1.82) is 0 Å². The summed E-state index contributed by atoms with van der Waals surface area (Å²) in [4.78, 5) is 12.3. The molecule has 0 fully saturated rings. The van der Waals surface area contributed by atoms with Gasteiger partial charge in [-0.25, -0.2) is 4.39 Å². The molecule has 0 spiro atoms. The maximum atomic E-state index is 13.2. The second kappa shape index (κ2) is 5.49. The molecule has 2 aromatic carbocycles. The van der Waals surface area contributed by atoms with E-state index in [9.17, 15) is 9.18 Å². The summed E-state index contributed by atoms with van der Waals surface area (Å²) in [6.45, 7) is 0. The van der Waals surface area contributed by atoms with E-state index in [4.69, 9.17) is 0 Å². The van der Waals surface area contributed by atoms with Crippen molar-refractivity contribution in [2.24, 2.45) is 0 Å². The van der Waals surface area contributed by atoms with E-state index in [1.807, 2.05) is 12.1 Å². The van der Waals surface area contributed by atoms with Crippen LogP contribution in [0.2, 0.25) is 0 Å². The van der Waals surface area contributed by atoms with Gasteiger partial charge >= 0.3 is 0 Å². The molecule has 1 nitrogen and oxygen atoms in total. The zero-order valence-electron chi connectivity index (χ0n) is 11.0. The maximum absolute atomic E-state index is 13.2. The van der Waals surface area contributed by atoms with Gasteiger partial charge in [0.05, 0.1) is 0 Å². The molecule has 0 bridgehead atoms. The van der Waals surface area contributed by atoms with Crippen LogP contribution in [0.5, 0.6) is 0 Å². The van der Waals surface area contributed by atoms with E-state index in [1.165, 1.54) is 29.7 Å². The Morgan fingerprint density at radius 1 is 1.10 bits per heavy atom. The number of hydrogen-bond donors (Lipinski definition) is 0. The second-order valence-electron chi connectivity index (χ2n) is 5.17. The number of ketones is 1. The van der Waals surface area contributed by atoms with E-state index < -0.39 is 0 Å². The lowest BCUT2D eigenvalue weighted by molar-refractivity contribution is 0.0992. The van der Waals surface area contributed by atoms with Gasteiger partial charge in [0.25, 0.3) is 0 Å². The van der Waals surface area contributed by atoms with Crippen molar-refractivity contribution in [3.05, 3.63) is 68.9 Å². The summed E-state index contributed by atoms with van der Waals surface area (Å²) >= 11 is 3.36. The predicted molar refractivity (Wildman–Crippen MR) is 80.6 cm³/mol. The molecule has 0 N–H and O–H groups in total. The van der Waals surface area contributed by atoms with Gasteiger partial charge in [-0.15, -0.1) is 0 Å². The number of rotatable bonds is 3. The molecule has 102 valence electrons. The van der Waals surface area contributed by atoms with Crippen LogP contribution in [0, 0.1) is 5.82 Å². The minimum absolute atomic E-state index is 0.0333. The van der Waals surface area contributed by atoms with Gasteiger partial charge in [-0.05, 0) is 60.2 Å². The minimum Gasteiger partial charge on any atom is -0.294 e. The number of fused-ring (bicyclic) bond motifs is 1. The number of Topliss-reactive ketones (excluding diaryl/α,β-unsaturated/α-hetero) is 1. The predicted octanol–water partition coefficient (Wildman–Crippen LogP) is 4.50. The highest BCUT2D eigenvalue weighted by molar-refractivity contribution is 9.10. The third-order valence-corrected chi connectivity index (χ3v) is 4.55. The average Bonchev–Trinajstić information content (AvgIpc) is 2.90. The van der Waals surface area contributed by atoms with E-state index in [-0.39, 0.29) is 18.0 Å². The SMILES string of the molecule is O=C(Cc1cc(F)ccc1Br)c1ccc2c(c1)CCC2. The van der Waals surface area contributed by atoms with Gasteiger partial charge in [-0.1, -0.05) is 28.1 Å².